The summed E-state index contributed by atoms with van der Waals surface area (Å²) in [7, 11) is 1.62. The van der Waals surface area contributed by atoms with Crippen molar-refractivity contribution in [1.29, 1.82) is 0 Å². The van der Waals surface area contributed by atoms with E-state index >= 15 is 0 Å². The molecule has 0 radical (unpaired) electrons. The van der Waals surface area contributed by atoms with Crippen LogP contribution in [0.25, 0.3) is 33.7 Å². The van der Waals surface area contributed by atoms with Gasteiger partial charge in [0.1, 0.15) is 11.5 Å². The largest absolute Gasteiger partial charge is 0.508 e. The Bertz CT molecular complexity index is 1010. The van der Waals surface area contributed by atoms with Gasteiger partial charge in [0, 0.05) is 17.1 Å². The standard InChI is InChI=1S/C19H14N2O3/c1-23-18-14-4-2-3-5-16(14)20-10-15(18)19-21-11-17(24-19)12-6-8-13(22)9-7-12/h2-11,22H,1H3. The van der Waals surface area contributed by atoms with E-state index in [0.29, 0.717) is 23.0 Å². The third-order valence-electron chi connectivity index (χ3n) is 3.82. The van der Waals surface area contributed by atoms with E-state index in [2.05, 4.69) is 9.97 Å². The van der Waals surface area contributed by atoms with Gasteiger partial charge in [-0.1, -0.05) is 12.1 Å². The topological polar surface area (TPSA) is 68.4 Å². The lowest BCUT2D eigenvalue weighted by Gasteiger charge is -2.08. The quantitative estimate of drug-likeness (QED) is 0.611. The molecular weight excluding hydrogens is 304 g/mol. The van der Waals surface area contributed by atoms with Crippen molar-refractivity contribution >= 4 is 10.9 Å². The summed E-state index contributed by atoms with van der Waals surface area (Å²) in [5, 5.41) is 10.3. The summed E-state index contributed by atoms with van der Waals surface area (Å²) >= 11 is 0. The van der Waals surface area contributed by atoms with Crippen LogP contribution in [0.1, 0.15) is 0 Å². The van der Waals surface area contributed by atoms with Crippen LogP contribution in [0.4, 0.5) is 0 Å². The first-order chi connectivity index (χ1) is 11.8. The summed E-state index contributed by atoms with van der Waals surface area (Å²) < 4.78 is 11.4. The number of aromatic nitrogens is 2. The van der Waals surface area contributed by atoms with E-state index in [9.17, 15) is 5.11 Å². The van der Waals surface area contributed by atoms with Crippen molar-refractivity contribution < 1.29 is 14.3 Å². The fourth-order valence-corrected chi connectivity index (χ4v) is 2.65. The number of hydrogen-bond donors (Lipinski definition) is 1. The Morgan fingerprint density at radius 1 is 0.958 bits per heavy atom. The molecule has 4 rings (SSSR count). The zero-order chi connectivity index (χ0) is 16.5. The van der Waals surface area contributed by atoms with Crippen molar-refractivity contribution in [1.82, 2.24) is 9.97 Å². The molecule has 24 heavy (non-hydrogen) atoms. The maximum Gasteiger partial charge on any atom is 0.232 e. The summed E-state index contributed by atoms with van der Waals surface area (Å²) in [6.07, 6.45) is 3.35. The van der Waals surface area contributed by atoms with Crippen molar-refractivity contribution in [2.75, 3.05) is 7.11 Å². The highest BCUT2D eigenvalue weighted by Crippen LogP contribution is 2.36. The van der Waals surface area contributed by atoms with E-state index in [1.165, 1.54) is 0 Å². The van der Waals surface area contributed by atoms with E-state index < -0.39 is 0 Å². The number of ether oxygens (including phenoxy) is 1. The monoisotopic (exact) mass is 318 g/mol. The van der Waals surface area contributed by atoms with Gasteiger partial charge in [-0.3, -0.25) is 4.98 Å². The first-order valence-corrected chi connectivity index (χ1v) is 7.43. The minimum atomic E-state index is 0.207. The van der Waals surface area contributed by atoms with Crippen LogP contribution in [0.3, 0.4) is 0 Å². The molecule has 2 heterocycles. The molecule has 0 atom stereocenters. The highest BCUT2D eigenvalue weighted by atomic mass is 16.5. The number of para-hydroxylation sites is 1. The van der Waals surface area contributed by atoms with E-state index in [4.69, 9.17) is 9.15 Å². The zero-order valence-corrected chi connectivity index (χ0v) is 12.9. The summed E-state index contributed by atoms with van der Waals surface area (Å²) in [5.41, 5.74) is 2.38. The minimum Gasteiger partial charge on any atom is -0.508 e. The fourth-order valence-electron chi connectivity index (χ4n) is 2.65. The van der Waals surface area contributed by atoms with Gasteiger partial charge in [0.25, 0.3) is 0 Å². The molecule has 0 saturated carbocycles. The van der Waals surface area contributed by atoms with Crippen molar-refractivity contribution in [3.8, 4) is 34.3 Å². The summed E-state index contributed by atoms with van der Waals surface area (Å²) in [4.78, 5) is 8.80. The number of oxazole rings is 1. The molecule has 1 N–H and O–H groups in total. The lowest BCUT2D eigenvalue weighted by Crippen LogP contribution is -1.92. The molecule has 2 aromatic heterocycles. The molecule has 5 nitrogen and oxygen atoms in total. The van der Waals surface area contributed by atoms with Gasteiger partial charge >= 0.3 is 0 Å². The highest BCUT2D eigenvalue weighted by molar-refractivity contribution is 5.90. The van der Waals surface area contributed by atoms with Crippen LogP contribution < -0.4 is 4.74 Å². The molecule has 0 saturated heterocycles. The van der Waals surface area contributed by atoms with Gasteiger partial charge < -0.3 is 14.3 Å². The summed E-state index contributed by atoms with van der Waals surface area (Å²) in [5.74, 6) is 1.94. The summed E-state index contributed by atoms with van der Waals surface area (Å²) in [6, 6.07) is 14.5. The first kappa shape index (κ1) is 14.3. The minimum absolute atomic E-state index is 0.207. The molecule has 4 aromatic rings. The second-order valence-electron chi connectivity index (χ2n) is 5.30. The normalized spacial score (nSPS) is 10.9. The Kier molecular flexibility index (Phi) is 3.39. The lowest BCUT2D eigenvalue weighted by atomic mass is 10.1. The molecule has 0 fully saturated rings. The molecule has 0 aliphatic rings. The Labute approximate surface area is 138 Å². The molecule has 0 bridgehead atoms. The van der Waals surface area contributed by atoms with Gasteiger partial charge in [0.15, 0.2) is 5.76 Å². The molecular formula is C19H14N2O3. The number of rotatable bonds is 3. The second kappa shape index (κ2) is 5.70. The zero-order valence-electron chi connectivity index (χ0n) is 12.9. The van der Waals surface area contributed by atoms with Crippen LogP contribution in [0, 0.1) is 0 Å². The van der Waals surface area contributed by atoms with Crippen LogP contribution in [0.2, 0.25) is 0 Å². The molecule has 0 aliphatic heterocycles. The predicted octanol–water partition coefficient (Wildman–Crippen LogP) is 4.27. The Morgan fingerprint density at radius 3 is 2.54 bits per heavy atom. The average Bonchev–Trinajstić information content (AvgIpc) is 3.11. The molecule has 0 amide bonds. The maximum absolute atomic E-state index is 9.38. The fraction of sp³-hybridized carbons (Fsp3) is 0.0526. The molecule has 0 spiro atoms. The molecule has 0 unspecified atom stereocenters. The maximum atomic E-state index is 9.38. The van der Waals surface area contributed by atoms with Gasteiger partial charge in [-0.15, -0.1) is 0 Å². The second-order valence-corrected chi connectivity index (χ2v) is 5.30. The van der Waals surface area contributed by atoms with E-state index in [1.54, 1.807) is 43.8 Å². The Balaban J connectivity index is 1.82. The number of pyridine rings is 1. The SMILES string of the molecule is COc1c(-c2ncc(-c3ccc(O)cc3)o2)cnc2ccccc12. The number of nitrogens with zero attached hydrogens (tertiary/aromatic N) is 2. The Hall–Kier alpha value is -3.34. The highest BCUT2D eigenvalue weighted by Gasteiger charge is 2.16. The van der Waals surface area contributed by atoms with Gasteiger partial charge in [0.2, 0.25) is 5.89 Å². The van der Waals surface area contributed by atoms with Crippen molar-refractivity contribution in [3.63, 3.8) is 0 Å². The van der Waals surface area contributed by atoms with E-state index in [1.807, 2.05) is 24.3 Å². The number of fused-ring (bicyclic) bond motifs is 1. The average molecular weight is 318 g/mol. The first-order valence-electron chi connectivity index (χ1n) is 7.43. The number of phenolic OH excluding ortho intramolecular Hbond substituents is 1. The lowest BCUT2D eigenvalue weighted by molar-refractivity contribution is 0.419. The molecule has 2 aromatic carbocycles. The molecule has 0 aliphatic carbocycles. The van der Waals surface area contributed by atoms with Crippen molar-refractivity contribution in [2.45, 2.75) is 0 Å². The van der Waals surface area contributed by atoms with Gasteiger partial charge in [-0.05, 0) is 36.4 Å². The number of hydrogen-bond acceptors (Lipinski definition) is 5. The van der Waals surface area contributed by atoms with Crippen molar-refractivity contribution in [2.24, 2.45) is 0 Å². The van der Waals surface area contributed by atoms with Crippen LogP contribution in [0.5, 0.6) is 11.5 Å². The van der Waals surface area contributed by atoms with Crippen LogP contribution in [0.15, 0.2) is 65.3 Å². The Morgan fingerprint density at radius 2 is 1.75 bits per heavy atom. The smallest absolute Gasteiger partial charge is 0.232 e. The molecule has 118 valence electrons. The molecule has 5 heteroatoms. The van der Waals surface area contributed by atoms with Gasteiger partial charge in [-0.25, -0.2) is 4.98 Å². The third kappa shape index (κ3) is 2.36. The number of methoxy groups -OCH3 is 1. The summed E-state index contributed by atoms with van der Waals surface area (Å²) in [6.45, 7) is 0. The van der Waals surface area contributed by atoms with Crippen LogP contribution >= 0.6 is 0 Å². The van der Waals surface area contributed by atoms with Gasteiger partial charge in [0.05, 0.1) is 24.4 Å². The van der Waals surface area contributed by atoms with Crippen LogP contribution in [-0.2, 0) is 0 Å². The predicted molar refractivity (Wildman–Crippen MR) is 90.9 cm³/mol. The van der Waals surface area contributed by atoms with Crippen molar-refractivity contribution in [3.05, 3.63) is 60.9 Å². The van der Waals surface area contributed by atoms with E-state index in [-0.39, 0.29) is 5.75 Å². The third-order valence-corrected chi connectivity index (χ3v) is 3.82. The number of aromatic hydroxyl groups is 1. The van der Waals surface area contributed by atoms with Gasteiger partial charge in [-0.2, -0.15) is 0 Å². The van der Waals surface area contributed by atoms with Crippen LogP contribution in [-0.4, -0.2) is 22.2 Å². The number of phenols is 1. The number of benzene rings is 2. The van der Waals surface area contributed by atoms with E-state index in [0.717, 1.165) is 16.5 Å².